The Balaban J connectivity index is 1.96. The lowest BCUT2D eigenvalue weighted by Gasteiger charge is -2.28. The summed E-state index contributed by atoms with van der Waals surface area (Å²) < 4.78 is 47.8. The van der Waals surface area contributed by atoms with Crippen LogP contribution < -0.4 is 0 Å². The minimum atomic E-state index is -3.22. The van der Waals surface area contributed by atoms with E-state index in [1.54, 1.807) is 4.90 Å². The van der Waals surface area contributed by atoms with E-state index >= 15 is 0 Å². The molecule has 2 rings (SSSR count). The Labute approximate surface area is 139 Å². The van der Waals surface area contributed by atoms with Crippen molar-refractivity contribution in [2.75, 3.05) is 23.8 Å². The van der Waals surface area contributed by atoms with Crippen molar-refractivity contribution in [3.63, 3.8) is 0 Å². The third-order valence-electron chi connectivity index (χ3n) is 4.84. The Hall–Kier alpha value is -0.630. The first-order chi connectivity index (χ1) is 10.7. The maximum Gasteiger partial charge on any atom is 0.223 e. The molecule has 1 saturated heterocycles. The molecule has 0 radical (unpaired) electrons. The molecule has 6 nitrogen and oxygen atoms in total. The highest BCUT2D eigenvalue weighted by Crippen LogP contribution is 2.26. The van der Waals surface area contributed by atoms with Gasteiger partial charge in [-0.05, 0) is 25.7 Å². The fraction of sp³-hybridized carbons (Fsp3) is 0.933. The molecule has 1 heterocycles. The van der Waals surface area contributed by atoms with Crippen LogP contribution in [0.4, 0.5) is 0 Å². The second kappa shape index (κ2) is 7.51. The Morgan fingerprint density at radius 2 is 1.83 bits per heavy atom. The highest BCUT2D eigenvalue weighted by Gasteiger charge is 2.35. The normalized spacial score (nSPS) is 24.8. The van der Waals surface area contributed by atoms with E-state index in [1.807, 2.05) is 6.92 Å². The molecule has 2 fully saturated rings. The van der Waals surface area contributed by atoms with Crippen LogP contribution in [0, 0.1) is 0 Å². The summed E-state index contributed by atoms with van der Waals surface area (Å²) in [6, 6.07) is -0.290. The minimum Gasteiger partial charge on any atom is -0.339 e. The van der Waals surface area contributed by atoms with Crippen LogP contribution in [0.1, 0.15) is 51.9 Å². The molecule has 1 unspecified atom stereocenters. The third kappa shape index (κ3) is 4.92. The monoisotopic (exact) mass is 365 g/mol. The lowest BCUT2D eigenvalue weighted by Crippen LogP contribution is -2.42. The smallest absolute Gasteiger partial charge is 0.223 e. The van der Waals surface area contributed by atoms with Crippen LogP contribution in [0.25, 0.3) is 0 Å². The van der Waals surface area contributed by atoms with E-state index in [1.165, 1.54) is 0 Å². The van der Waals surface area contributed by atoms with Crippen molar-refractivity contribution in [2.45, 2.75) is 63.2 Å². The lowest BCUT2D eigenvalue weighted by molar-refractivity contribution is -0.132. The van der Waals surface area contributed by atoms with Crippen molar-refractivity contribution in [3.05, 3.63) is 0 Å². The number of sulfone groups is 2. The van der Waals surface area contributed by atoms with Crippen LogP contribution in [0.5, 0.6) is 0 Å². The molecule has 2 aliphatic rings. The Morgan fingerprint density at radius 3 is 2.35 bits per heavy atom. The molecule has 1 aliphatic carbocycles. The van der Waals surface area contributed by atoms with E-state index in [2.05, 4.69) is 0 Å². The Kier molecular flexibility index (Phi) is 6.10. The van der Waals surface area contributed by atoms with E-state index in [0.717, 1.165) is 19.3 Å². The van der Waals surface area contributed by atoms with Crippen molar-refractivity contribution < 1.29 is 21.6 Å². The number of nitrogens with zero attached hydrogens (tertiary/aromatic N) is 1. The van der Waals surface area contributed by atoms with E-state index in [-0.39, 0.29) is 40.9 Å². The zero-order chi connectivity index (χ0) is 17.1. The number of rotatable bonds is 7. The highest BCUT2D eigenvalue weighted by molar-refractivity contribution is 7.92. The van der Waals surface area contributed by atoms with Crippen LogP contribution >= 0.6 is 0 Å². The number of carbonyl (C=O) groups is 1. The summed E-state index contributed by atoms with van der Waals surface area (Å²) in [7, 11) is -6.28. The molecule has 0 aromatic carbocycles. The van der Waals surface area contributed by atoms with Gasteiger partial charge in [-0.3, -0.25) is 4.79 Å². The fourth-order valence-corrected chi connectivity index (χ4v) is 7.14. The first kappa shape index (κ1) is 18.7. The lowest BCUT2D eigenvalue weighted by atomic mass is 10.2. The minimum absolute atomic E-state index is 0.00805. The van der Waals surface area contributed by atoms with Crippen molar-refractivity contribution in [1.29, 1.82) is 0 Å². The first-order valence-electron chi connectivity index (χ1n) is 8.46. The van der Waals surface area contributed by atoms with Crippen LogP contribution in [-0.4, -0.2) is 62.7 Å². The SMILES string of the molecule is CCCN(C(=O)CCS(=O)(=O)C1CCCC1)C1CCS(=O)(=O)C1. The molecule has 23 heavy (non-hydrogen) atoms. The Bertz CT molecular complexity index is 620. The van der Waals surface area contributed by atoms with Gasteiger partial charge in [0.15, 0.2) is 19.7 Å². The van der Waals surface area contributed by atoms with Crippen molar-refractivity contribution in [3.8, 4) is 0 Å². The van der Waals surface area contributed by atoms with Gasteiger partial charge in [0.2, 0.25) is 5.91 Å². The predicted octanol–water partition coefficient (Wildman–Crippen LogP) is 1.16. The number of amides is 1. The standard InChI is InChI=1S/C15H27NO5S2/c1-2-9-16(13-7-10-22(18,19)12-13)15(17)8-11-23(20,21)14-5-3-4-6-14/h13-14H,2-12H2,1H3. The third-order valence-corrected chi connectivity index (χ3v) is 8.86. The molecule has 1 saturated carbocycles. The summed E-state index contributed by atoms with van der Waals surface area (Å²) in [6.07, 6.45) is 4.46. The maximum atomic E-state index is 12.5. The van der Waals surface area contributed by atoms with Gasteiger partial charge < -0.3 is 4.90 Å². The second-order valence-electron chi connectivity index (χ2n) is 6.67. The summed E-state index contributed by atoms with van der Waals surface area (Å²) in [4.78, 5) is 14.1. The van der Waals surface area contributed by atoms with E-state index in [0.29, 0.717) is 25.8 Å². The van der Waals surface area contributed by atoms with Crippen LogP contribution in [-0.2, 0) is 24.5 Å². The van der Waals surface area contributed by atoms with Gasteiger partial charge in [-0.25, -0.2) is 16.8 Å². The molecule has 0 bridgehead atoms. The first-order valence-corrected chi connectivity index (χ1v) is 12.0. The van der Waals surface area contributed by atoms with Crippen molar-refractivity contribution in [2.24, 2.45) is 0 Å². The van der Waals surface area contributed by atoms with Gasteiger partial charge >= 0.3 is 0 Å². The quantitative estimate of drug-likeness (QED) is 0.675. The van der Waals surface area contributed by atoms with Gasteiger partial charge in [-0.1, -0.05) is 19.8 Å². The summed E-state index contributed by atoms with van der Waals surface area (Å²) in [6.45, 7) is 2.42. The number of hydrogen-bond acceptors (Lipinski definition) is 5. The van der Waals surface area contributed by atoms with Gasteiger partial charge in [0.1, 0.15) is 0 Å². The number of carbonyl (C=O) groups excluding carboxylic acids is 1. The molecule has 8 heteroatoms. The molecule has 0 aromatic rings. The van der Waals surface area contributed by atoms with Crippen LogP contribution in [0.15, 0.2) is 0 Å². The maximum absolute atomic E-state index is 12.5. The zero-order valence-electron chi connectivity index (χ0n) is 13.7. The highest BCUT2D eigenvalue weighted by atomic mass is 32.2. The number of hydrogen-bond donors (Lipinski definition) is 0. The van der Waals surface area contributed by atoms with E-state index in [9.17, 15) is 21.6 Å². The summed E-state index contributed by atoms with van der Waals surface area (Å²) in [5.41, 5.74) is 0. The van der Waals surface area contributed by atoms with E-state index in [4.69, 9.17) is 0 Å². The molecular formula is C15H27NO5S2. The topological polar surface area (TPSA) is 88.6 Å². The largest absolute Gasteiger partial charge is 0.339 e. The second-order valence-corrected chi connectivity index (χ2v) is 11.3. The fourth-order valence-electron chi connectivity index (χ4n) is 3.56. The van der Waals surface area contributed by atoms with Gasteiger partial charge in [-0.15, -0.1) is 0 Å². The molecule has 1 atom stereocenters. The molecule has 1 amide bonds. The predicted molar refractivity (Wildman–Crippen MR) is 89.7 cm³/mol. The Morgan fingerprint density at radius 1 is 1.17 bits per heavy atom. The molecule has 1 aliphatic heterocycles. The zero-order valence-corrected chi connectivity index (χ0v) is 15.4. The summed E-state index contributed by atoms with van der Waals surface area (Å²) >= 11 is 0. The van der Waals surface area contributed by atoms with Crippen LogP contribution in [0.3, 0.4) is 0 Å². The van der Waals surface area contributed by atoms with Gasteiger partial charge in [-0.2, -0.15) is 0 Å². The average molecular weight is 366 g/mol. The van der Waals surface area contributed by atoms with E-state index < -0.39 is 19.7 Å². The van der Waals surface area contributed by atoms with Crippen LogP contribution in [0.2, 0.25) is 0 Å². The molecule has 0 N–H and O–H groups in total. The van der Waals surface area contributed by atoms with Gasteiger partial charge in [0, 0.05) is 19.0 Å². The average Bonchev–Trinajstić information content (AvgIpc) is 3.12. The van der Waals surface area contributed by atoms with Crippen molar-refractivity contribution >= 4 is 25.6 Å². The molecular weight excluding hydrogens is 338 g/mol. The summed E-state index contributed by atoms with van der Waals surface area (Å²) in [5.74, 6) is -0.217. The van der Waals surface area contributed by atoms with Gasteiger partial charge in [0.05, 0.1) is 22.5 Å². The molecule has 0 aromatic heterocycles. The molecule has 134 valence electrons. The van der Waals surface area contributed by atoms with Crippen molar-refractivity contribution in [1.82, 2.24) is 4.90 Å². The molecule has 0 spiro atoms. The van der Waals surface area contributed by atoms with Gasteiger partial charge in [0.25, 0.3) is 0 Å². The summed E-state index contributed by atoms with van der Waals surface area (Å²) in [5, 5.41) is -0.290.